The third-order valence-corrected chi connectivity index (χ3v) is 5.54. The monoisotopic (exact) mass is 397 g/mol. The van der Waals surface area contributed by atoms with Crippen molar-refractivity contribution in [3.05, 3.63) is 60.2 Å². The number of rotatable bonds is 4. The van der Waals surface area contributed by atoms with Crippen LogP contribution in [-0.2, 0) is 9.59 Å². The largest absolute Gasteiger partial charge is 0.341 e. The number of hydrogen-bond acceptors (Lipinski definition) is 5. The van der Waals surface area contributed by atoms with Gasteiger partial charge in [-0.15, -0.1) is 0 Å². The smallest absolute Gasteiger partial charge is 0.241 e. The molecule has 3 N–H and O–H groups in total. The van der Waals surface area contributed by atoms with Gasteiger partial charge in [-0.3, -0.25) is 14.6 Å². The van der Waals surface area contributed by atoms with Crippen molar-refractivity contribution in [2.45, 2.75) is 31.3 Å². The fraction of sp³-hybridized carbons (Fsp3) is 0.381. The lowest BCUT2D eigenvalue weighted by atomic mass is 9.95. The van der Waals surface area contributed by atoms with Crippen LogP contribution in [0.25, 0.3) is 0 Å². The molecule has 0 spiro atoms. The van der Waals surface area contributed by atoms with Crippen molar-refractivity contribution in [3.8, 4) is 0 Å². The quantitative estimate of drug-likeness (QED) is 0.735. The average molecular weight is 397 g/mol. The highest BCUT2D eigenvalue weighted by molar-refractivity contribution is 5.92. The van der Waals surface area contributed by atoms with Gasteiger partial charge in [0, 0.05) is 30.9 Å². The first-order valence-electron chi connectivity index (χ1n) is 9.87. The molecular weight excluding hydrogens is 373 g/mol. The number of anilines is 1. The van der Waals surface area contributed by atoms with Crippen LogP contribution in [0.1, 0.15) is 31.0 Å². The molecule has 0 aliphatic carbocycles. The molecule has 7 nitrogen and oxygen atoms in total. The highest BCUT2D eigenvalue weighted by atomic mass is 19.1. The van der Waals surface area contributed by atoms with E-state index in [1.165, 1.54) is 12.1 Å². The average Bonchev–Trinajstić information content (AvgIpc) is 3.26. The molecule has 0 radical (unpaired) electrons. The van der Waals surface area contributed by atoms with E-state index >= 15 is 0 Å². The summed E-state index contributed by atoms with van der Waals surface area (Å²) < 4.78 is 13.0. The number of likely N-dealkylation sites (tertiary alicyclic amines) is 1. The normalized spacial score (nSPS) is 22.4. The first-order chi connectivity index (χ1) is 14.1. The van der Waals surface area contributed by atoms with Crippen LogP contribution in [0.2, 0.25) is 0 Å². The maximum absolute atomic E-state index is 13.0. The Balaban J connectivity index is 1.26. The van der Waals surface area contributed by atoms with Gasteiger partial charge < -0.3 is 10.2 Å². The van der Waals surface area contributed by atoms with Crippen molar-refractivity contribution in [1.29, 1.82) is 0 Å². The lowest BCUT2D eigenvalue weighted by Gasteiger charge is -2.32. The molecule has 2 aliphatic rings. The Labute approximate surface area is 168 Å². The van der Waals surface area contributed by atoms with Gasteiger partial charge in [0.2, 0.25) is 11.8 Å². The topological polar surface area (TPSA) is 86.4 Å². The van der Waals surface area contributed by atoms with Crippen molar-refractivity contribution in [2.24, 2.45) is 5.92 Å². The minimum Gasteiger partial charge on any atom is -0.341 e. The van der Waals surface area contributed by atoms with E-state index in [0.29, 0.717) is 38.0 Å². The molecule has 0 saturated carbocycles. The van der Waals surface area contributed by atoms with Gasteiger partial charge in [-0.25, -0.2) is 15.2 Å². The van der Waals surface area contributed by atoms with Gasteiger partial charge in [-0.2, -0.15) is 0 Å². The van der Waals surface area contributed by atoms with E-state index in [-0.39, 0.29) is 35.6 Å². The van der Waals surface area contributed by atoms with Gasteiger partial charge >= 0.3 is 0 Å². The number of hydrazine groups is 1. The molecular formula is C21H24FN5O2. The van der Waals surface area contributed by atoms with Gasteiger partial charge in [-0.05, 0) is 55.7 Å². The second-order valence-electron chi connectivity index (χ2n) is 7.48. The summed E-state index contributed by atoms with van der Waals surface area (Å²) in [7, 11) is 0. The number of benzene rings is 1. The zero-order valence-corrected chi connectivity index (χ0v) is 16.0. The Bertz CT molecular complexity index is 853. The predicted molar refractivity (Wildman–Crippen MR) is 106 cm³/mol. The number of carbonyl (C=O) groups is 2. The van der Waals surface area contributed by atoms with Crippen molar-refractivity contribution in [3.63, 3.8) is 0 Å². The highest BCUT2D eigenvalue weighted by Crippen LogP contribution is 2.24. The maximum Gasteiger partial charge on any atom is 0.241 e. The Hall–Kier alpha value is -2.84. The zero-order chi connectivity index (χ0) is 20.2. The third kappa shape index (κ3) is 4.60. The molecule has 0 bridgehead atoms. The number of hydrogen-bond donors (Lipinski definition) is 3. The molecule has 4 rings (SSSR count). The van der Waals surface area contributed by atoms with Crippen LogP contribution in [0.3, 0.4) is 0 Å². The van der Waals surface area contributed by atoms with Gasteiger partial charge in [0.05, 0.1) is 11.7 Å². The summed E-state index contributed by atoms with van der Waals surface area (Å²) in [6.07, 6.45) is 3.61. The van der Waals surface area contributed by atoms with E-state index in [4.69, 9.17) is 0 Å². The molecule has 2 aliphatic heterocycles. The van der Waals surface area contributed by atoms with E-state index in [1.807, 2.05) is 23.1 Å². The molecule has 29 heavy (non-hydrogen) atoms. The molecule has 3 heterocycles. The first-order valence-corrected chi connectivity index (χ1v) is 9.87. The Morgan fingerprint density at radius 2 is 1.83 bits per heavy atom. The van der Waals surface area contributed by atoms with Crippen molar-refractivity contribution >= 4 is 17.5 Å². The molecule has 2 fully saturated rings. The second kappa shape index (κ2) is 8.67. The minimum atomic E-state index is -0.338. The van der Waals surface area contributed by atoms with E-state index < -0.39 is 0 Å². The number of carbonyl (C=O) groups excluding carboxylic acids is 2. The van der Waals surface area contributed by atoms with Crippen LogP contribution < -0.4 is 16.2 Å². The SMILES string of the molecule is O=C(Nc1ccc(F)cc1)C1CCN(C(=O)C2CC(c3ccccn3)NN2)CC1. The standard InChI is InChI=1S/C21H24FN5O2/c22-15-4-6-16(7-5-15)24-20(28)14-8-11-27(12-9-14)21(29)19-13-18(25-26-19)17-3-1-2-10-23-17/h1-7,10,14,18-19,25-26H,8-9,11-13H2,(H,24,28). The summed E-state index contributed by atoms with van der Waals surface area (Å²) in [6, 6.07) is 11.2. The summed E-state index contributed by atoms with van der Waals surface area (Å²) in [5, 5.41) is 2.82. The van der Waals surface area contributed by atoms with E-state index in [1.54, 1.807) is 18.3 Å². The van der Waals surface area contributed by atoms with Gasteiger partial charge in [0.15, 0.2) is 0 Å². The molecule has 8 heteroatoms. The summed E-state index contributed by atoms with van der Waals surface area (Å²) in [6.45, 7) is 1.10. The van der Waals surface area contributed by atoms with Crippen molar-refractivity contribution < 1.29 is 14.0 Å². The summed E-state index contributed by atoms with van der Waals surface area (Å²) >= 11 is 0. The van der Waals surface area contributed by atoms with Crippen LogP contribution in [0.4, 0.5) is 10.1 Å². The van der Waals surface area contributed by atoms with E-state index in [9.17, 15) is 14.0 Å². The Kier molecular flexibility index (Phi) is 5.82. The maximum atomic E-state index is 13.0. The number of piperidine rings is 1. The Morgan fingerprint density at radius 1 is 1.07 bits per heavy atom. The number of nitrogens with zero attached hydrogens (tertiary/aromatic N) is 2. The van der Waals surface area contributed by atoms with Gasteiger partial charge in [0.1, 0.15) is 11.9 Å². The van der Waals surface area contributed by atoms with E-state index in [2.05, 4.69) is 21.2 Å². The van der Waals surface area contributed by atoms with Crippen molar-refractivity contribution in [2.75, 3.05) is 18.4 Å². The van der Waals surface area contributed by atoms with Gasteiger partial charge in [-0.1, -0.05) is 6.07 Å². The molecule has 2 unspecified atom stereocenters. The Morgan fingerprint density at radius 3 is 2.52 bits per heavy atom. The summed E-state index contributed by atoms with van der Waals surface area (Å²) in [5.41, 5.74) is 7.72. The minimum absolute atomic E-state index is 0.00387. The predicted octanol–water partition coefficient (Wildman–Crippen LogP) is 2.01. The summed E-state index contributed by atoms with van der Waals surface area (Å²) in [4.78, 5) is 31.5. The van der Waals surface area contributed by atoms with Crippen LogP contribution in [0.5, 0.6) is 0 Å². The third-order valence-electron chi connectivity index (χ3n) is 5.54. The van der Waals surface area contributed by atoms with Crippen LogP contribution >= 0.6 is 0 Å². The number of amides is 2. The summed E-state index contributed by atoms with van der Waals surface area (Å²) in [5.74, 6) is -0.525. The fourth-order valence-corrected chi connectivity index (χ4v) is 3.85. The van der Waals surface area contributed by atoms with Gasteiger partial charge in [0.25, 0.3) is 0 Å². The highest BCUT2D eigenvalue weighted by Gasteiger charge is 2.35. The van der Waals surface area contributed by atoms with Crippen LogP contribution in [0, 0.1) is 11.7 Å². The lowest BCUT2D eigenvalue weighted by Crippen LogP contribution is -2.49. The number of nitrogens with one attached hydrogen (secondary N) is 3. The van der Waals surface area contributed by atoms with Crippen molar-refractivity contribution in [1.82, 2.24) is 20.7 Å². The molecule has 152 valence electrons. The number of halogens is 1. The zero-order valence-electron chi connectivity index (χ0n) is 16.0. The first kappa shape index (κ1) is 19.5. The van der Waals surface area contributed by atoms with E-state index in [0.717, 1.165) is 5.69 Å². The van der Waals surface area contributed by atoms with Crippen LogP contribution in [0.15, 0.2) is 48.7 Å². The molecule has 2 amide bonds. The number of pyridine rings is 1. The lowest BCUT2D eigenvalue weighted by molar-refractivity contribution is -0.136. The molecule has 1 aromatic heterocycles. The molecule has 2 aromatic rings. The molecule has 2 saturated heterocycles. The molecule has 1 aromatic carbocycles. The second-order valence-corrected chi connectivity index (χ2v) is 7.48. The fourth-order valence-electron chi connectivity index (χ4n) is 3.85. The number of aromatic nitrogens is 1. The molecule has 2 atom stereocenters. The van der Waals surface area contributed by atoms with Crippen LogP contribution in [-0.4, -0.2) is 40.8 Å².